The van der Waals surface area contributed by atoms with Gasteiger partial charge in [-0.3, -0.25) is 0 Å². The molecule has 0 aromatic heterocycles. The van der Waals surface area contributed by atoms with Crippen molar-refractivity contribution in [2.75, 3.05) is 5.32 Å². The second-order valence-corrected chi connectivity index (χ2v) is 4.30. The second-order valence-electron chi connectivity index (χ2n) is 4.30. The smallest absolute Gasteiger partial charge is 0.185 e. The van der Waals surface area contributed by atoms with E-state index in [9.17, 15) is 17.6 Å². The van der Waals surface area contributed by atoms with Crippen LogP contribution in [0.25, 0.3) is 0 Å². The summed E-state index contributed by atoms with van der Waals surface area (Å²) in [6.45, 7) is 1.56. The van der Waals surface area contributed by atoms with Gasteiger partial charge >= 0.3 is 0 Å². The van der Waals surface area contributed by atoms with Crippen molar-refractivity contribution in [3.8, 4) is 5.75 Å². The number of rotatable bonds is 3. The molecular weight excluding hydrogens is 274 g/mol. The molecule has 0 fully saturated rings. The lowest BCUT2D eigenvalue weighted by Crippen LogP contribution is -2.11. The Morgan fingerprint density at radius 2 is 1.45 bits per heavy atom. The average Bonchev–Trinajstić information content (AvgIpc) is 2.42. The number of hydrogen-bond acceptors (Lipinski definition) is 2. The Morgan fingerprint density at radius 1 is 0.950 bits per heavy atom. The number of phenols is 1. The Morgan fingerprint density at radius 3 is 1.95 bits per heavy atom. The van der Waals surface area contributed by atoms with Crippen LogP contribution in [-0.2, 0) is 0 Å². The van der Waals surface area contributed by atoms with Gasteiger partial charge in [-0.05, 0) is 24.6 Å². The molecule has 0 aliphatic heterocycles. The molecule has 2 N–H and O–H groups in total. The first kappa shape index (κ1) is 14.2. The fraction of sp³-hybridized carbons (Fsp3) is 0.143. The Labute approximate surface area is 112 Å². The Balaban J connectivity index is 2.32. The van der Waals surface area contributed by atoms with E-state index < -0.39 is 35.0 Å². The van der Waals surface area contributed by atoms with E-state index in [0.717, 1.165) is 0 Å². The quantitative estimate of drug-likeness (QED) is 0.656. The van der Waals surface area contributed by atoms with E-state index in [1.165, 1.54) is 24.3 Å². The average molecular weight is 285 g/mol. The lowest BCUT2D eigenvalue weighted by atomic mass is 10.1. The van der Waals surface area contributed by atoms with E-state index in [4.69, 9.17) is 5.11 Å². The van der Waals surface area contributed by atoms with Gasteiger partial charge in [0.1, 0.15) is 11.4 Å². The Bertz CT molecular complexity index is 602. The number of phenolic OH excluding ortho intramolecular Hbond substituents is 1. The van der Waals surface area contributed by atoms with Gasteiger partial charge in [0.2, 0.25) is 0 Å². The monoisotopic (exact) mass is 285 g/mol. The summed E-state index contributed by atoms with van der Waals surface area (Å²) >= 11 is 0. The largest absolute Gasteiger partial charge is 0.508 e. The molecule has 2 aromatic carbocycles. The van der Waals surface area contributed by atoms with Gasteiger partial charge in [0.15, 0.2) is 23.3 Å². The van der Waals surface area contributed by atoms with Crippen LogP contribution < -0.4 is 5.32 Å². The van der Waals surface area contributed by atoms with Gasteiger partial charge < -0.3 is 10.4 Å². The van der Waals surface area contributed by atoms with Crippen molar-refractivity contribution in [2.24, 2.45) is 0 Å². The summed E-state index contributed by atoms with van der Waals surface area (Å²) in [7, 11) is 0. The van der Waals surface area contributed by atoms with E-state index in [0.29, 0.717) is 5.56 Å². The van der Waals surface area contributed by atoms with Crippen LogP contribution in [0.3, 0.4) is 0 Å². The first-order chi connectivity index (χ1) is 9.40. The van der Waals surface area contributed by atoms with Crippen LogP contribution in [0, 0.1) is 23.3 Å². The zero-order chi connectivity index (χ0) is 14.9. The zero-order valence-electron chi connectivity index (χ0n) is 10.4. The van der Waals surface area contributed by atoms with Crippen LogP contribution in [0.1, 0.15) is 18.5 Å². The highest BCUT2D eigenvalue weighted by Crippen LogP contribution is 2.28. The summed E-state index contributed by atoms with van der Waals surface area (Å²) in [5.41, 5.74) is -0.269. The molecule has 0 saturated heterocycles. The fourth-order valence-corrected chi connectivity index (χ4v) is 1.76. The van der Waals surface area contributed by atoms with Crippen LogP contribution in [0.4, 0.5) is 23.2 Å². The maximum Gasteiger partial charge on any atom is 0.185 e. The minimum atomic E-state index is -1.48. The van der Waals surface area contributed by atoms with Crippen molar-refractivity contribution in [3.63, 3.8) is 0 Å². The van der Waals surface area contributed by atoms with Gasteiger partial charge in [-0.1, -0.05) is 12.1 Å². The summed E-state index contributed by atoms with van der Waals surface area (Å²) < 4.78 is 53.1. The molecule has 0 aliphatic rings. The minimum absolute atomic E-state index is 0.0371. The molecule has 0 heterocycles. The molecule has 2 nitrogen and oxygen atoms in total. The summed E-state index contributed by atoms with van der Waals surface area (Å²) in [5.74, 6) is -5.85. The molecule has 0 aliphatic carbocycles. The van der Waals surface area contributed by atoms with Gasteiger partial charge in [0.05, 0.1) is 0 Å². The van der Waals surface area contributed by atoms with Gasteiger partial charge in [-0.15, -0.1) is 0 Å². The molecule has 1 unspecified atom stereocenters. The minimum Gasteiger partial charge on any atom is -0.508 e. The van der Waals surface area contributed by atoms with Crippen LogP contribution in [0.2, 0.25) is 0 Å². The Kier molecular flexibility index (Phi) is 3.83. The predicted octanol–water partition coefficient (Wildman–Crippen LogP) is 4.12. The van der Waals surface area contributed by atoms with Gasteiger partial charge in [-0.2, -0.15) is 0 Å². The number of hydrogen-bond donors (Lipinski definition) is 2. The van der Waals surface area contributed by atoms with Crippen LogP contribution in [0.15, 0.2) is 30.3 Å². The lowest BCUT2D eigenvalue weighted by molar-refractivity contribution is 0.457. The fourth-order valence-electron chi connectivity index (χ4n) is 1.76. The van der Waals surface area contributed by atoms with Crippen molar-refractivity contribution < 1.29 is 22.7 Å². The number of nitrogens with one attached hydrogen (secondary N) is 1. The molecule has 6 heteroatoms. The third kappa shape index (κ3) is 2.68. The highest BCUT2D eigenvalue weighted by Gasteiger charge is 2.20. The van der Waals surface area contributed by atoms with Crippen molar-refractivity contribution in [1.29, 1.82) is 0 Å². The number of halogens is 4. The second kappa shape index (κ2) is 5.40. The number of benzene rings is 2. The highest BCUT2D eigenvalue weighted by atomic mass is 19.2. The molecule has 2 aromatic rings. The molecule has 20 heavy (non-hydrogen) atoms. The molecule has 0 saturated carbocycles. The molecule has 0 radical (unpaired) electrons. The first-order valence-corrected chi connectivity index (χ1v) is 5.78. The summed E-state index contributed by atoms with van der Waals surface area (Å²) in [6, 6.07) is 5.39. The van der Waals surface area contributed by atoms with Gasteiger partial charge in [-0.25, -0.2) is 17.6 Å². The van der Waals surface area contributed by atoms with Crippen molar-refractivity contribution >= 4 is 5.69 Å². The van der Waals surface area contributed by atoms with E-state index in [1.54, 1.807) is 6.92 Å². The topological polar surface area (TPSA) is 32.3 Å². The van der Waals surface area contributed by atoms with E-state index in [2.05, 4.69) is 5.32 Å². The standard InChI is InChI=1S/C14H11F4NO/c1-7(8-2-4-9(20)5-3-8)19-14-12(17)10(15)6-11(16)13(14)18/h2-7,19-20H,1H3. The lowest BCUT2D eigenvalue weighted by Gasteiger charge is -2.17. The van der Waals surface area contributed by atoms with Crippen LogP contribution >= 0.6 is 0 Å². The van der Waals surface area contributed by atoms with E-state index in [1.807, 2.05) is 0 Å². The molecule has 1 atom stereocenters. The van der Waals surface area contributed by atoms with E-state index >= 15 is 0 Å². The highest BCUT2D eigenvalue weighted by molar-refractivity contribution is 5.49. The van der Waals surface area contributed by atoms with Crippen molar-refractivity contribution in [2.45, 2.75) is 13.0 Å². The number of anilines is 1. The SMILES string of the molecule is CC(Nc1c(F)c(F)cc(F)c1F)c1ccc(O)cc1. The third-order valence-corrected chi connectivity index (χ3v) is 2.87. The van der Waals surface area contributed by atoms with Crippen LogP contribution in [0.5, 0.6) is 5.75 Å². The van der Waals surface area contributed by atoms with Gasteiger partial charge in [0.25, 0.3) is 0 Å². The van der Waals surface area contributed by atoms with Crippen molar-refractivity contribution in [1.82, 2.24) is 0 Å². The molecule has 0 amide bonds. The zero-order valence-corrected chi connectivity index (χ0v) is 10.4. The Hall–Kier alpha value is -2.24. The van der Waals surface area contributed by atoms with Crippen molar-refractivity contribution in [3.05, 3.63) is 59.2 Å². The first-order valence-electron chi connectivity index (χ1n) is 5.78. The van der Waals surface area contributed by atoms with Crippen LogP contribution in [-0.4, -0.2) is 5.11 Å². The summed E-state index contributed by atoms with van der Waals surface area (Å²) in [4.78, 5) is 0. The summed E-state index contributed by atoms with van der Waals surface area (Å²) in [6.07, 6.45) is 0. The van der Waals surface area contributed by atoms with Gasteiger partial charge in [0, 0.05) is 12.1 Å². The summed E-state index contributed by atoms with van der Waals surface area (Å²) in [5, 5.41) is 11.5. The molecule has 2 rings (SSSR count). The van der Waals surface area contributed by atoms with E-state index in [-0.39, 0.29) is 11.8 Å². The molecule has 0 bridgehead atoms. The molecular formula is C14H11F4NO. The number of aromatic hydroxyl groups is 1. The molecule has 106 valence electrons. The third-order valence-electron chi connectivity index (χ3n) is 2.87. The maximum atomic E-state index is 13.5. The normalized spacial score (nSPS) is 12.2. The maximum absolute atomic E-state index is 13.5. The predicted molar refractivity (Wildman–Crippen MR) is 66.4 cm³/mol. The molecule has 0 spiro atoms.